The highest BCUT2D eigenvalue weighted by Crippen LogP contribution is 2.27. The van der Waals surface area contributed by atoms with Gasteiger partial charge >= 0.3 is 0 Å². The molecule has 22 heavy (non-hydrogen) atoms. The van der Waals surface area contributed by atoms with Gasteiger partial charge in [0.15, 0.2) is 0 Å². The van der Waals surface area contributed by atoms with E-state index in [1.54, 1.807) is 31.2 Å². The Labute approximate surface area is 129 Å². The van der Waals surface area contributed by atoms with Crippen molar-refractivity contribution in [3.63, 3.8) is 0 Å². The average molecular weight is 320 g/mol. The number of hydrogen-bond donors (Lipinski definition) is 0. The molecular formula is C15H16N2O4S. The van der Waals surface area contributed by atoms with Crippen LogP contribution in [-0.4, -0.2) is 31.7 Å². The largest absolute Gasteiger partial charge is 0.272 e. The molecule has 0 N–H and O–H groups in total. The third-order valence-electron chi connectivity index (χ3n) is 3.37. The fraction of sp³-hybridized carbons (Fsp3) is 0.200. The maximum absolute atomic E-state index is 12.0. The molecule has 0 aliphatic heterocycles. The molecule has 6 nitrogen and oxygen atoms in total. The van der Waals surface area contributed by atoms with Crippen LogP contribution in [0.5, 0.6) is 0 Å². The lowest BCUT2D eigenvalue weighted by molar-refractivity contribution is -0.385. The average Bonchev–Trinajstić information content (AvgIpc) is 2.47. The molecule has 0 atom stereocenters. The Morgan fingerprint density at radius 3 is 2.05 bits per heavy atom. The number of nitrogens with zero attached hydrogens (tertiary/aromatic N) is 2. The van der Waals surface area contributed by atoms with Gasteiger partial charge in [-0.2, -0.15) is 0 Å². The molecule has 0 amide bonds. The van der Waals surface area contributed by atoms with Gasteiger partial charge in [-0.05, 0) is 30.2 Å². The molecule has 0 saturated carbocycles. The van der Waals surface area contributed by atoms with Gasteiger partial charge in [-0.15, -0.1) is 0 Å². The standard InChI is InChI=1S/C15H16N2O4S/c1-11-4-5-13(10-15(11)17(18)19)12-6-8-14(9-7-12)22(20,21)16(2)3/h4-10H,1-3H3. The molecule has 2 aromatic carbocycles. The molecule has 0 spiro atoms. The third-order valence-corrected chi connectivity index (χ3v) is 5.20. The van der Waals surface area contributed by atoms with Crippen molar-refractivity contribution in [2.45, 2.75) is 11.8 Å². The van der Waals surface area contributed by atoms with Crippen molar-refractivity contribution in [1.29, 1.82) is 0 Å². The summed E-state index contributed by atoms with van der Waals surface area (Å²) in [5.74, 6) is 0. The molecule has 0 unspecified atom stereocenters. The second-order valence-electron chi connectivity index (χ2n) is 5.07. The Morgan fingerprint density at radius 2 is 1.55 bits per heavy atom. The minimum atomic E-state index is -3.48. The van der Waals surface area contributed by atoms with Crippen LogP contribution in [0.3, 0.4) is 0 Å². The van der Waals surface area contributed by atoms with Gasteiger partial charge in [0.05, 0.1) is 9.82 Å². The van der Waals surface area contributed by atoms with E-state index in [1.165, 1.54) is 32.3 Å². The van der Waals surface area contributed by atoms with E-state index in [9.17, 15) is 18.5 Å². The van der Waals surface area contributed by atoms with Crippen molar-refractivity contribution in [2.75, 3.05) is 14.1 Å². The quantitative estimate of drug-likeness (QED) is 0.641. The molecule has 2 aromatic rings. The van der Waals surface area contributed by atoms with Crippen molar-refractivity contribution in [3.8, 4) is 11.1 Å². The second kappa shape index (κ2) is 5.86. The fourth-order valence-electron chi connectivity index (χ4n) is 2.02. The van der Waals surface area contributed by atoms with E-state index in [-0.39, 0.29) is 10.6 Å². The molecule has 0 saturated heterocycles. The van der Waals surface area contributed by atoms with Crippen LogP contribution in [0.25, 0.3) is 11.1 Å². The van der Waals surface area contributed by atoms with E-state index >= 15 is 0 Å². The first-order valence-electron chi connectivity index (χ1n) is 6.51. The highest BCUT2D eigenvalue weighted by molar-refractivity contribution is 7.89. The third kappa shape index (κ3) is 3.00. The Balaban J connectivity index is 2.44. The number of hydrogen-bond acceptors (Lipinski definition) is 4. The van der Waals surface area contributed by atoms with Gasteiger partial charge in [-0.25, -0.2) is 12.7 Å². The van der Waals surface area contributed by atoms with Crippen LogP contribution in [0.2, 0.25) is 0 Å². The number of nitro benzene ring substituents is 1. The molecule has 116 valence electrons. The maximum Gasteiger partial charge on any atom is 0.272 e. The SMILES string of the molecule is Cc1ccc(-c2ccc(S(=O)(=O)N(C)C)cc2)cc1[N+](=O)[O-]. The monoisotopic (exact) mass is 320 g/mol. The van der Waals surface area contributed by atoms with E-state index in [2.05, 4.69) is 0 Å². The van der Waals surface area contributed by atoms with Crippen molar-refractivity contribution < 1.29 is 13.3 Å². The molecule has 0 aliphatic rings. The van der Waals surface area contributed by atoms with Crippen LogP contribution in [-0.2, 0) is 10.0 Å². The maximum atomic E-state index is 12.0. The predicted molar refractivity (Wildman–Crippen MR) is 84.1 cm³/mol. The fourth-order valence-corrected chi connectivity index (χ4v) is 2.92. The first-order chi connectivity index (χ1) is 10.2. The van der Waals surface area contributed by atoms with Gasteiger partial charge in [-0.3, -0.25) is 10.1 Å². The predicted octanol–water partition coefficient (Wildman–Crippen LogP) is 2.82. The molecule has 0 heterocycles. The summed E-state index contributed by atoms with van der Waals surface area (Å²) < 4.78 is 25.1. The molecule has 7 heteroatoms. The first-order valence-corrected chi connectivity index (χ1v) is 7.95. The van der Waals surface area contributed by atoms with E-state index in [0.717, 1.165) is 9.87 Å². The minimum absolute atomic E-state index is 0.0440. The zero-order valence-electron chi connectivity index (χ0n) is 12.5. The van der Waals surface area contributed by atoms with E-state index in [1.807, 2.05) is 0 Å². The normalized spacial score (nSPS) is 11.6. The minimum Gasteiger partial charge on any atom is -0.258 e. The molecule has 0 fully saturated rings. The lowest BCUT2D eigenvalue weighted by Crippen LogP contribution is -2.22. The Hall–Kier alpha value is -2.25. The van der Waals surface area contributed by atoms with E-state index < -0.39 is 14.9 Å². The number of benzene rings is 2. The van der Waals surface area contributed by atoms with Crippen LogP contribution < -0.4 is 0 Å². The van der Waals surface area contributed by atoms with Crippen LogP contribution >= 0.6 is 0 Å². The molecule has 0 aromatic heterocycles. The number of nitro groups is 1. The van der Waals surface area contributed by atoms with E-state index in [4.69, 9.17) is 0 Å². The van der Waals surface area contributed by atoms with Gasteiger partial charge in [0.2, 0.25) is 10.0 Å². The summed E-state index contributed by atoms with van der Waals surface area (Å²) in [5, 5.41) is 11.0. The molecule has 2 rings (SSSR count). The summed E-state index contributed by atoms with van der Waals surface area (Å²) in [5.41, 5.74) is 2.02. The molecule has 0 aliphatic carbocycles. The van der Waals surface area contributed by atoms with Crippen LogP contribution in [0.15, 0.2) is 47.4 Å². The number of rotatable bonds is 4. The van der Waals surface area contributed by atoms with Crippen molar-refractivity contribution in [3.05, 3.63) is 58.1 Å². The van der Waals surface area contributed by atoms with Gasteiger partial charge in [0, 0.05) is 25.7 Å². The van der Waals surface area contributed by atoms with Crippen molar-refractivity contribution in [2.24, 2.45) is 0 Å². The summed E-state index contributed by atoms with van der Waals surface area (Å²) in [6.07, 6.45) is 0. The number of aryl methyl sites for hydroxylation is 1. The smallest absolute Gasteiger partial charge is 0.258 e. The zero-order valence-corrected chi connectivity index (χ0v) is 13.3. The highest BCUT2D eigenvalue weighted by Gasteiger charge is 2.17. The van der Waals surface area contributed by atoms with Crippen molar-refractivity contribution >= 4 is 15.7 Å². The van der Waals surface area contributed by atoms with Gasteiger partial charge in [-0.1, -0.05) is 24.3 Å². The summed E-state index contributed by atoms with van der Waals surface area (Å²) in [6.45, 7) is 1.68. The Morgan fingerprint density at radius 1 is 1.00 bits per heavy atom. The van der Waals surface area contributed by atoms with Gasteiger partial charge < -0.3 is 0 Å². The van der Waals surface area contributed by atoms with Crippen molar-refractivity contribution in [1.82, 2.24) is 4.31 Å². The summed E-state index contributed by atoms with van der Waals surface area (Å²) in [4.78, 5) is 10.7. The first kappa shape index (κ1) is 16.1. The number of sulfonamides is 1. The van der Waals surface area contributed by atoms with Crippen LogP contribution in [0.1, 0.15) is 5.56 Å². The molecular weight excluding hydrogens is 304 g/mol. The Kier molecular flexibility index (Phi) is 4.30. The lowest BCUT2D eigenvalue weighted by atomic mass is 10.0. The summed E-state index contributed by atoms with van der Waals surface area (Å²) in [6, 6.07) is 11.2. The molecule has 0 radical (unpaired) electrons. The van der Waals surface area contributed by atoms with Crippen LogP contribution in [0.4, 0.5) is 5.69 Å². The summed E-state index contributed by atoms with van der Waals surface area (Å²) in [7, 11) is -0.549. The second-order valence-corrected chi connectivity index (χ2v) is 7.22. The summed E-state index contributed by atoms with van der Waals surface area (Å²) >= 11 is 0. The zero-order chi connectivity index (χ0) is 16.5. The highest BCUT2D eigenvalue weighted by atomic mass is 32.2. The molecule has 0 bridgehead atoms. The van der Waals surface area contributed by atoms with Gasteiger partial charge in [0.25, 0.3) is 5.69 Å². The van der Waals surface area contributed by atoms with E-state index in [0.29, 0.717) is 11.1 Å². The van der Waals surface area contributed by atoms with Crippen LogP contribution in [0, 0.1) is 17.0 Å². The lowest BCUT2D eigenvalue weighted by Gasteiger charge is -2.11. The van der Waals surface area contributed by atoms with Gasteiger partial charge in [0.1, 0.15) is 0 Å². The Bertz CT molecular complexity index is 812. The topological polar surface area (TPSA) is 80.5 Å².